The molecule has 1 saturated carbocycles. The summed E-state index contributed by atoms with van der Waals surface area (Å²) >= 11 is 7.79. The van der Waals surface area contributed by atoms with E-state index in [-0.39, 0.29) is 0 Å². The fourth-order valence-corrected chi connectivity index (χ4v) is 3.65. The Morgan fingerprint density at radius 1 is 1.24 bits per heavy atom. The highest BCUT2D eigenvalue weighted by molar-refractivity contribution is 7.17. The van der Waals surface area contributed by atoms with Crippen LogP contribution in [0.2, 0.25) is 5.15 Å². The van der Waals surface area contributed by atoms with E-state index in [0.29, 0.717) is 5.15 Å². The van der Waals surface area contributed by atoms with Crippen LogP contribution in [0.1, 0.15) is 37.9 Å². The van der Waals surface area contributed by atoms with Crippen molar-refractivity contribution >= 4 is 33.2 Å². The Hall–Kier alpha value is -0.670. The van der Waals surface area contributed by atoms with Gasteiger partial charge < -0.3 is 0 Å². The first kappa shape index (κ1) is 11.4. The molecule has 0 unspecified atom stereocenters. The Labute approximate surface area is 110 Å². The summed E-state index contributed by atoms with van der Waals surface area (Å²) in [4.78, 5) is 9.04. The smallest absolute Gasteiger partial charge is 0.150 e. The molecule has 0 aromatic carbocycles. The van der Waals surface area contributed by atoms with E-state index in [2.05, 4.69) is 9.97 Å². The van der Waals surface area contributed by atoms with Crippen LogP contribution in [-0.2, 0) is 6.42 Å². The molecule has 0 atom stereocenters. The maximum absolute atomic E-state index is 6.18. The number of thiophene rings is 1. The Balaban J connectivity index is 1.84. The molecule has 1 fully saturated rings. The van der Waals surface area contributed by atoms with E-state index in [0.717, 1.165) is 28.4 Å². The van der Waals surface area contributed by atoms with Gasteiger partial charge >= 0.3 is 0 Å². The number of hydrogen-bond acceptors (Lipinski definition) is 3. The van der Waals surface area contributed by atoms with Gasteiger partial charge in [-0.25, -0.2) is 9.97 Å². The molecule has 2 aromatic rings. The van der Waals surface area contributed by atoms with Crippen LogP contribution in [0.4, 0.5) is 0 Å². The Morgan fingerprint density at radius 3 is 2.88 bits per heavy atom. The monoisotopic (exact) mass is 266 g/mol. The molecule has 0 saturated heterocycles. The van der Waals surface area contributed by atoms with Crippen LogP contribution in [0, 0.1) is 5.92 Å². The van der Waals surface area contributed by atoms with E-state index in [1.807, 2.05) is 11.4 Å². The van der Waals surface area contributed by atoms with Crippen molar-refractivity contribution in [2.45, 2.75) is 38.5 Å². The molecule has 0 amide bonds. The first-order valence-corrected chi connectivity index (χ1v) is 7.48. The molecule has 2 aromatic heterocycles. The van der Waals surface area contributed by atoms with Gasteiger partial charge in [0.15, 0.2) is 5.15 Å². The molecule has 1 aliphatic carbocycles. The van der Waals surface area contributed by atoms with Crippen LogP contribution < -0.4 is 0 Å². The van der Waals surface area contributed by atoms with Gasteiger partial charge in [-0.05, 0) is 17.4 Å². The van der Waals surface area contributed by atoms with E-state index in [1.54, 1.807) is 11.3 Å². The van der Waals surface area contributed by atoms with Crippen molar-refractivity contribution in [1.82, 2.24) is 9.97 Å². The summed E-state index contributed by atoms with van der Waals surface area (Å²) in [6, 6.07) is 2.03. The largest absolute Gasteiger partial charge is 0.232 e. The highest BCUT2D eigenvalue weighted by atomic mass is 35.5. The lowest BCUT2D eigenvalue weighted by Crippen LogP contribution is -2.11. The van der Waals surface area contributed by atoms with Crippen molar-refractivity contribution in [2.75, 3.05) is 0 Å². The van der Waals surface area contributed by atoms with Gasteiger partial charge in [0.2, 0.25) is 0 Å². The van der Waals surface area contributed by atoms with E-state index >= 15 is 0 Å². The third-order valence-corrected chi connectivity index (χ3v) is 4.80. The van der Waals surface area contributed by atoms with Crippen LogP contribution in [-0.4, -0.2) is 9.97 Å². The van der Waals surface area contributed by atoms with Crippen LogP contribution in [0.3, 0.4) is 0 Å². The van der Waals surface area contributed by atoms with Crippen molar-refractivity contribution in [3.05, 3.63) is 22.4 Å². The third kappa shape index (κ3) is 2.45. The summed E-state index contributed by atoms with van der Waals surface area (Å²) in [5, 5.41) is 2.64. The molecule has 0 aliphatic heterocycles. The number of hydrogen-bond donors (Lipinski definition) is 0. The average molecular weight is 267 g/mol. The van der Waals surface area contributed by atoms with Crippen LogP contribution in [0.15, 0.2) is 11.4 Å². The number of nitrogens with zero attached hydrogens (tertiary/aromatic N) is 2. The van der Waals surface area contributed by atoms with E-state index in [4.69, 9.17) is 11.6 Å². The number of rotatable bonds is 2. The molecule has 3 rings (SSSR count). The molecule has 2 nitrogen and oxygen atoms in total. The minimum absolute atomic E-state index is 0.621. The Kier molecular flexibility index (Phi) is 3.30. The van der Waals surface area contributed by atoms with Crippen molar-refractivity contribution in [1.29, 1.82) is 0 Å². The molecule has 17 heavy (non-hydrogen) atoms. The summed E-state index contributed by atoms with van der Waals surface area (Å²) in [5.74, 6) is 1.68. The van der Waals surface area contributed by atoms with E-state index < -0.39 is 0 Å². The molecule has 0 bridgehead atoms. The maximum Gasteiger partial charge on any atom is 0.150 e. The highest BCUT2D eigenvalue weighted by Crippen LogP contribution is 2.29. The van der Waals surface area contributed by atoms with Gasteiger partial charge in [-0.3, -0.25) is 0 Å². The third-order valence-electron chi connectivity index (χ3n) is 3.50. The second kappa shape index (κ2) is 4.91. The molecule has 4 heteroatoms. The second-order valence-corrected chi connectivity index (χ2v) is 6.05. The fourth-order valence-electron chi connectivity index (χ4n) is 2.61. The molecule has 1 aliphatic rings. The Morgan fingerprint density at radius 2 is 2.06 bits per heavy atom. The Bertz CT molecular complexity index is 517. The normalized spacial score (nSPS) is 17.7. The first-order valence-electron chi connectivity index (χ1n) is 6.22. The predicted molar refractivity (Wildman–Crippen MR) is 72.7 cm³/mol. The lowest BCUT2D eigenvalue weighted by Gasteiger charge is -2.20. The van der Waals surface area contributed by atoms with Crippen LogP contribution >= 0.6 is 22.9 Å². The van der Waals surface area contributed by atoms with Crippen LogP contribution in [0.5, 0.6) is 0 Å². The zero-order valence-electron chi connectivity index (χ0n) is 9.66. The number of aromatic nitrogens is 2. The molecular weight excluding hydrogens is 252 g/mol. The van der Waals surface area contributed by atoms with Gasteiger partial charge in [0.05, 0.1) is 10.2 Å². The number of fused-ring (bicyclic) bond motifs is 1. The van der Waals surface area contributed by atoms with Crippen molar-refractivity contribution in [3.8, 4) is 0 Å². The van der Waals surface area contributed by atoms with Crippen molar-refractivity contribution < 1.29 is 0 Å². The summed E-state index contributed by atoms with van der Waals surface area (Å²) in [6.07, 6.45) is 7.75. The number of halogens is 1. The summed E-state index contributed by atoms with van der Waals surface area (Å²) < 4.78 is 1.01. The van der Waals surface area contributed by atoms with Gasteiger partial charge in [0, 0.05) is 6.42 Å². The van der Waals surface area contributed by atoms with Gasteiger partial charge in [-0.1, -0.05) is 43.7 Å². The average Bonchev–Trinajstić information content (AvgIpc) is 2.79. The summed E-state index contributed by atoms with van der Waals surface area (Å²) in [6.45, 7) is 0. The fraction of sp³-hybridized carbons (Fsp3) is 0.538. The van der Waals surface area contributed by atoms with Gasteiger partial charge in [0.1, 0.15) is 5.82 Å². The summed E-state index contributed by atoms with van der Waals surface area (Å²) in [5.41, 5.74) is 1.00. The highest BCUT2D eigenvalue weighted by Gasteiger charge is 2.16. The SMILES string of the molecule is Clc1nc(CC2CCCCC2)nc2ccsc12. The quantitative estimate of drug-likeness (QED) is 0.750. The maximum atomic E-state index is 6.18. The lowest BCUT2D eigenvalue weighted by atomic mass is 9.87. The predicted octanol–water partition coefficient (Wildman–Crippen LogP) is 4.47. The molecule has 0 spiro atoms. The van der Waals surface area contributed by atoms with Gasteiger partial charge in [-0.15, -0.1) is 11.3 Å². The second-order valence-electron chi connectivity index (χ2n) is 4.77. The van der Waals surface area contributed by atoms with Crippen molar-refractivity contribution in [3.63, 3.8) is 0 Å². The standard InChI is InChI=1S/C13H15ClN2S/c14-13-12-10(6-7-17-12)15-11(16-13)8-9-4-2-1-3-5-9/h6-7,9H,1-5,8H2. The zero-order valence-corrected chi connectivity index (χ0v) is 11.2. The van der Waals surface area contributed by atoms with Crippen molar-refractivity contribution in [2.24, 2.45) is 5.92 Å². The lowest BCUT2D eigenvalue weighted by molar-refractivity contribution is 0.352. The van der Waals surface area contributed by atoms with E-state index in [1.165, 1.54) is 32.1 Å². The molecule has 0 radical (unpaired) electrons. The van der Waals surface area contributed by atoms with Gasteiger partial charge in [0.25, 0.3) is 0 Å². The molecule has 0 N–H and O–H groups in total. The molecule has 90 valence electrons. The van der Waals surface area contributed by atoms with E-state index in [9.17, 15) is 0 Å². The first-order chi connectivity index (χ1) is 8.33. The minimum Gasteiger partial charge on any atom is -0.232 e. The van der Waals surface area contributed by atoms with Gasteiger partial charge in [-0.2, -0.15) is 0 Å². The zero-order chi connectivity index (χ0) is 11.7. The minimum atomic E-state index is 0.621. The summed E-state index contributed by atoms with van der Waals surface area (Å²) in [7, 11) is 0. The van der Waals surface area contributed by atoms with Crippen LogP contribution in [0.25, 0.3) is 10.2 Å². The topological polar surface area (TPSA) is 25.8 Å². The molecular formula is C13H15ClN2S. The molecule has 2 heterocycles.